The summed E-state index contributed by atoms with van der Waals surface area (Å²) in [5.41, 5.74) is 2.68. The number of carbonyl (C=O) groups is 1. The highest BCUT2D eigenvalue weighted by molar-refractivity contribution is 7.18. The Balaban J connectivity index is 1.48. The molecule has 3 heterocycles. The second kappa shape index (κ2) is 8.63. The molecule has 3 N–H and O–H groups in total. The molecule has 31 heavy (non-hydrogen) atoms. The number of nitrogens with zero attached hydrogens (tertiary/aromatic N) is 2. The van der Waals surface area contributed by atoms with Crippen LogP contribution < -0.4 is 10.9 Å². The van der Waals surface area contributed by atoms with Crippen LogP contribution >= 0.6 is 11.3 Å². The maximum atomic E-state index is 12.7. The number of nitrogens with one attached hydrogen (secondary N) is 3. The molecule has 3 aromatic heterocycles. The molecule has 4 aromatic rings. The molecule has 0 fully saturated rings. The molecule has 0 aliphatic rings. The number of para-hydroxylation sites is 2. The van der Waals surface area contributed by atoms with E-state index in [1.54, 1.807) is 0 Å². The normalized spacial score (nSPS) is 12.7. The Morgan fingerprint density at radius 2 is 1.94 bits per heavy atom. The number of aryl methyl sites for hydroxylation is 3. The Labute approximate surface area is 184 Å². The lowest BCUT2D eigenvalue weighted by atomic mass is 10.0. The summed E-state index contributed by atoms with van der Waals surface area (Å²) in [6, 6.07) is 7.64. The maximum absolute atomic E-state index is 12.7. The van der Waals surface area contributed by atoms with Crippen LogP contribution in [0.1, 0.15) is 54.8 Å². The summed E-state index contributed by atoms with van der Waals surface area (Å²) < 4.78 is 0. The first-order valence-corrected chi connectivity index (χ1v) is 11.4. The van der Waals surface area contributed by atoms with Gasteiger partial charge in [-0.25, -0.2) is 9.97 Å². The molecule has 0 bridgehead atoms. The molecule has 1 atom stereocenters. The predicted octanol–water partition coefficient (Wildman–Crippen LogP) is 4.31. The van der Waals surface area contributed by atoms with E-state index < -0.39 is 0 Å². The zero-order valence-electron chi connectivity index (χ0n) is 18.2. The van der Waals surface area contributed by atoms with Crippen LogP contribution in [0.25, 0.3) is 21.3 Å². The molecule has 162 valence electrons. The molecule has 0 saturated carbocycles. The standard InChI is InChI=1S/C23H27N5O2S/c1-12(2)11-17(21-25-15-7-5-6-8-16(15)26-21)24-19(29)10-9-18-27-22(30)20-13(3)14(4)31-23(20)28-18/h5-8,12,17H,9-11H2,1-4H3,(H,24,29)(H,25,26)(H,27,28,30). The summed E-state index contributed by atoms with van der Waals surface area (Å²) in [7, 11) is 0. The highest BCUT2D eigenvalue weighted by Gasteiger charge is 2.20. The Bertz CT molecular complexity index is 1270. The van der Waals surface area contributed by atoms with E-state index in [9.17, 15) is 9.59 Å². The van der Waals surface area contributed by atoms with E-state index in [4.69, 9.17) is 0 Å². The van der Waals surface area contributed by atoms with Crippen molar-refractivity contribution in [2.45, 2.75) is 53.0 Å². The van der Waals surface area contributed by atoms with Gasteiger partial charge in [-0.1, -0.05) is 26.0 Å². The molecule has 7 nitrogen and oxygen atoms in total. The lowest BCUT2D eigenvalue weighted by Crippen LogP contribution is -2.30. The average molecular weight is 438 g/mol. The van der Waals surface area contributed by atoms with Crippen molar-refractivity contribution < 1.29 is 4.79 Å². The summed E-state index contributed by atoms with van der Waals surface area (Å²) in [6.45, 7) is 8.17. The zero-order valence-corrected chi connectivity index (χ0v) is 19.0. The molecule has 0 saturated heterocycles. The van der Waals surface area contributed by atoms with Gasteiger partial charge in [0.25, 0.3) is 5.56 Å². The van der Waals surface area contributed by atoms with Gasteiger partial charge in [-0.05, 0) is 43.9 Å². The van der Waals surface area contributed by atoms with Gasteiger partial charge in [0.2, 0.25) is 5.91 Å². The highest BCUT2D eigenvalue weighted by Crippen LogP contribution is 2.26. The third kappa shape index (κ3) is 4.54. The van der Waals surface area contributed by atoms with Crippen molar-refractivity contribution in [3.05, 3.63) is 56.7 Å². The van der Waals surface area contributed by atoms with E-state index in [0.29, 0.717) is 23.5 Å². The Morgan fingerprint density at radius 3 is 2.68 bits per heavy atom. The average Bonchev–Trinajstić information content (AvgIpc) is 3.27. The smallest absolute Gasteiger partial charge is 0.259 e. The number of hydrogen-bond acceptors (Lipinski definition) is 5. The number of amides is 1. The van der Waals surface area contributed by atoms with Gasteiger partial charge in [0, 0.05) is 17.7 Å². The molecular formula is C23H27N5O2S. The van der Waals surface area contributed by atoms with E-state index in [-0.39, 0.29) is 23.9 Å². The third-order valence-corrected chi connectivity index (χ3v) is 6.56. The summed E-state index contributed by atoms with van der Waals surface area (Å²) in [6.07, 6.45) is 1.40. The summed E-state index contributed by atoms with van der Waals surface area (Å²) in [5.74, 6) is 1.61. The number of hydrogen-bond donors (Lipinski definition) is 3. The van der Waals surface area contributed by atoms with Gasteiger partial charge >= 0.3 is 0 Å². The van der Waals surface area contributed by atoms with Gasteiger partial charge in [0.1, 0.15) is 16.5 Å². The van der Waals surface area contributed by atoms with Crippen molar-refractivity contribution in [1.82, 2.24) is 25.3 Å². The largest absolute Gasteiger partial charge is 0.346 e. The summed E-state index contributed by atoms with van der Waals surface area (Å²) in [5, 5.41) is 3.76. The van der Waals surface area contributed by atoms with Gasteiger partial charge < -0.3 is 15.3 Å². The fraction of sp³-hybridized carbons (Fsp3) is 0.391. The quantitative estimate of drug-likeness (QED) is 0.401. The number of aromatic nitrogens is 4. The molecule has 1 amide bonds. The number of H-pyrrole nitrogens is 2. The van der Waals surface area contributed by atoms with Crippen molar-refractivity contribution in [3.8, 4) is 0 Å². The van der Waals surface area contributed by atoms with Gasteiger partial charge in [0.15, 0.2) is 0 Å². The third-order valence-electron chi connectivity index (χ3n) is 5.46. The van der Waals surface area contributed by atoms with Gasteiger partial charge in [-0.2, -0.15) is 0 Å². The zero-order chi connectivity index (χ0) is 22.1. The van der Waals surface area contributed by atoms with Crippen LogP contribution in [0.15, 0.2) is 29.1 Å². The van der Waals surface area contributed by atoms with Crippen molar-refractivity contribution in [1.29, 1.82) is 0 Å². The molecule has 0 aliphatic heterocycles. The van der Waals surface area contributed by atoms with Crippen LogP contribution in [0, 0.1) is 19.8 Å². The fourth-order valence-electron chi connectivity index (χ4n) is 3.76. The Morgan fingerprint density at radius 1 is 1.16 bits per heavy atom. The van der Waals surface area contributed by atoms with E-state index >= 15 is 0 Å². The van der Waals surface area contributed by atoms with E-state index in [0.717, 1.165) is 38.5 Å². The van der Waals surface area contributed by atoms with Crippen LogP contribution in [0.3, 0.4) is 0 Å². The molecule has 1 unspecified atom stereocenters. The monoisotopic (exact) mass is 437 g/mol. The first-order chi connectivity index (χ1) is 14.8. The highest BCUT2D eigenvalue weighted by atomic mass is 32.1. The van der Waals surface area contributed by atoms with Crippen LogP contribution in [0.5, 0.6) is 0 Å². The topological polar surface area (TPSA) is 104 Å². The fourth-order valence-corrected chi connectivity index (χ4v) is 4.81. The van der Waals surface area contributed by atoms with Crippen molar-refractivity contribution in [2.75, 3.05) is 0 Å². The number of rotatable bonds is 7. The van der Waals surface area contributed by atoms with Gasteiger partial charge in [-0.15, -0.1) is 11.3 Å². The number of imidazole rings is 1. The lowest BCUT2D eigenvalue weighted by molar-refractivity contribution is -0.122. The minimum atomic E-state index is -0.197. The second-order valence-corrected chi connectivity index (χ2v) is 9.57. The van der Waals surface area contributed by atoms with E-state index in [1.165, 1.54) is 11.3 Å². The van der Waals surface area contributed by atoms with Crippen LogP contribution in [0.2, 0.25) is 0 Å². The maximum Gasteiger partial charge on any atom is 0.259 e. The minimum Gasteiger partial charge on any atom is -0.346 e. The van der Waals surface area contributed by atoms with Crippen LogP contribution in [0.4, 0.5) is 0 Å². The lowest BCUT2D eigenvalue weighted by Gasteiger charge is -2.18. The number of carbonyl (C=O) groups excluding carboxylic acids is 1. The first-order valence-electron chi connectivity index (χ1n) is 10.5. The molecule has 4 rings (SSSR count). The summed E-state index contributed by atoms with van der Waals surface area (Å²) >= 11 is 1.51. The predicted molar refractivity (Wildman–Crippen MR) is 124 cm³/mol. The molecular weight excluding hydrogens is 410 g/mol. The van der Waals surface area contributed by atoms with E-state index in [1.807, 2.05) is 38.1 Å². The number of fused-ring (bicyclic) bond motifs is 2. The minimum absolute atomic E-state index is 0.0904. The van der Waals surface area contributed by atoms with Crippen LogP contribution in [-0.4, -0.2) is 25.8 Å². The Hall–Kier alpha value is -3.00. The van der Waals surface area contributed by atoms with Crippen molar-refractivity contribution >= 4 is 38.5 Å². The Kier molecular flexibility index (Phi) is 5.91. The summed E-state index contributed by atoms with van der Waals surface area (Å²) in [4.78, 5) is 42.4. The molecule has 8 heteroatoms. The second-order valence-electron chi connectivity index (χ2n) is 8.36. The molecule has 1 aromatic carbocycles. The molecule has 0 spiro atoms. The van der Waals surface area contributed by atoms with Crippen molar-refractivity contribution in [3.63, 3.8) is 0 Å². The number of thiophene rings is 1. The first kappa shape index (κ1) is 21.2. The van der Waals surface area contributed by atoms with Crippen LogP contribution in [-0.2, 0) is 11.2 Å². The van der Waals surface area contributed by atoms with Gasteiger partial charge in [0.05, 0.1) is 22.5 Å². The number of benzene rings is 1. The molecule has 0 radical (unpaired) electrons. The van der Waals surface area contributed by atoms with Gasteiger partial charge in [-0.3, -0.25) is 9.59 Å². The number of aromatic amines is 2. The SMILES string of the molecule is Cc1sc2nc(CCC(=O)NC(CC(C)C)c3nc4ccccc4[nH]3)[nH]c(=O)c2c1C. The van der Waals surface area contributed by atoms with E-state index in [2.05, 4.69) is 39.1 Å². The van der Waals surface area contributed by atoms with Crippen molar-refractivity contribution in [2.24, 2.45) is 5.92 Å². The molecule has 0 aliphatic carbocycles.